The number of fused-ring (bicyclic) bond motifs is 1. The highest BCUT2D eigenvalue weighted by Crippen LogP contribution is 2.34. The van der Waals surface area contributed by atoms with E-state index in [1.807, 2.05) is 0 Å². The maximum atomic E-state index is 13.4. The van der Waals surface area contributed by atoms with Crippen LogP contribution in [0, 0.1) is 0 Å². The number of methoxy groups -OCH3 is 1. The van der Waals surface area contributed by atoms with Crippen molar-refractivity contribution in [1.82, 2.24) is 4.72 Å². The number of benzene rings is 3. The molecular weight excluding hydrogens is 454 g/mol. The molecule has 10 heteroatoms. The first kappa shape index (κ1) is 22.1. The molecule has 0 fully saturated rings. The number of hydrogen-bond acceptors (Lipinski definition) is 7. The quantitative estimate of drug-likeness (QED) is 0.534. The van der Waals surface area contributed by atoms with Crippen molar-refractivity contribution >= 4 is 19.9 Å². The van der Waals surface area contributed by atoms with Gasteiger partial charge in [0.15, 0.2) is 21.3 Å². The fourth-order valence-corrected chi connectivity index (χ4v) is 6.15. The molecule has 0 aromatic heterocycles. The maximum absolute atomic E-state index is 13.4. The van der Waals surface area contributed by atoms with E-state index in [4.69, 9.17) is 14.2 Å². The van der Waals surface area contributed by atoms with Gasteiger partial charge in [0.2, 0.25) is 16.8 Å². The van der Waals surface area contributed by atoms with Crippen LogP contribution in [0.2, 0.25) is 0 Å². The largest absolute Gasteiger partial charge is 0.497 e. The van der Waals surface area contributed by atoms with Crippen molar-refractivity contribution in [2.45, 2.75) is 15.0 Å². The third kappa shape index (κ3) is 4.43. The Morgan fingerprint density at radius 3 is 2.22 bits per heavy atom. The topological polar surface area (TPSA) is 108 Å². The van der Waals surface area contributed by atoms with Crippen LogP contribution in [0.25, 0.3) is 0 Å². The molecule has 0 aliphatic carbocycles. The lowest BCUT2D eigenvalue weighted by Gasteiger charge is -2.19. The zero-order valence-electron chi connectivity index (χ0n) is 17.1. The summed E-state index contributed by atoms with van der Waals surface area (Å²) in [7, 11) is -6.44. The van der Waals surface area contributed by atoms with Crippen LogP contribution in [0.3, 0.4) is 0 Å². The van der Waals surface area contributed by atoms with Gasteiger partial charge in [-0.05, 0) is 42.0 Å². The summed E-state index contributed by atoms with van der Waals surface area (Å²) >= 11 is 0. The molecule has 32 heavy (non-hydrogen) atoms. The second-order valence-corrected chi connectivity index (χ2v) is 10.9. The number of sulfonamides is 1. The van der Waals surface area contributed by atoms with Crippen LogP contribution in [0.5, 0.6) is 17.2 Å². The zero-order valence-corrected chi connectivity index (χ0v) is 18.7. The first-order chi connectivity index (χ1) is 15.3. The first-order valence-electron chi connectivity index (χ1n) is 9.63. The summed E-state index contributed by atoms with van der Waals surface area (Å²) in [5, 5.41) is -1.14. The summed E-state index contributed by atoms with van der Waals surface area (Å²) in [6, 6.07) is 18.7. The highest BCUT2D eigenvalue weighted by molar-refractivity contribution is 7.92. The van der Waals surface area contributed by atoms with E-state index >= 15 is 0 Å². The van der Waals surface area contributed by atoms with Crippen molar-refractivity contribution in [3.63, 3.8) is 0 Å². The highest BCUT2D eigenvalue weighted by atomic mass is 32.2. The van der Waals surface area contributed by atoms with E-state index < -0.39 is 25.1 Å². The lowest BCUT2D eigenvalue weighted by molar-refractivity contribution is 0.174. The lowest BCUT2D eigenvalue weighted by Crippen LogP contribution is -2.32. The number of nitrogens with one attached hydrogen (secondary N) is 1. The van der Waals surface area contributed by atoms with Gasteiger partial charge in [-0.3, -0.25) is 0 Å². The SMILES string of the molecule is COc1ccc(S(=O)(=O)[C@H](CNS(=O)(=O)c2ccc3c(c2)OCO3)c2ccccc2)cc1. The molecule has 3 aromatic carbocycles. The number of ether oxygens (including phenoxy) is 3. The van der Waals surface area contributed by atoms with Crippen molar-refractivity contribution in [2.75, 3.05) is 20.4 Å². The van der Waals surface area contributed by atoms with Gasteiger partial charge < -0.3 is 14.2 Å². The van der Waals surface area contributed by atoms with E-state index in [0.29, 0.717) is 22.8 Å². The van der Waals surface area contributed by atoms with Crippen molar-refractivity contribution < 1.29 is 31.0 Å². The summed E-state index contributed by atoms with van der Waals surface area (Å²) in [5.41, 5.74) is 0.469. The van der Waals surface area contributed by atoms with Gasteiger partial charge in [-0.15, -0.1) is 0 Å². The second kappa shape index (κ2) is 8.81. The molecule has 0 saturated carbocycles. The van der Waals surface area contributed by atoms with Crippen LogP contribution >= 0.6 is 0 Å². The van der Waals surface area contributed by atoms with Gasteiger partial charge in [0.25, 0.3) is 0 Å². The average Bonchev–Trinajstić information content (AvgIpc) is 3.28. The minimum absolute atomic E-state index is 0.0163. The Kier molecular flexibility index (Phi) is 6.09. The predicted molar refractivity (Wildman–Crippen MR) is 117 cm³/mol. The van der Waals surface area contributed by atoms with E-state index in [-0.39, 0.29) is 23.1 Å². The molecule has 1 atom stereocenters. The van der Waals surface area contributed by atoms with Gasteiger partial charge in [-0.2, -0.15) is 0 Å². The predicted octanol–water partition coefficient (Wildman–Crippen LogP) is 2.92. The van der Waals surface area contributed by atoms with Gasteiger partial charge in [0, 0.05) is 12.6 Å². The van der Waals surface area contributed by atoms with Crippen LogP contribution in [-0.4, -0.2) is 37.3 Å². The van der Waals surface area contributed by atoms with Crippen LogP contribution in [0.15, 0.2) is 82.6 Å². The van der Waals surface area contributed by atoms with Crippen LogP contribution in [-0.2, 0) is 19.9 Å². The van der Waals surface area contributed by atoms with Crippen molar-refractivity contribution in [3.8, 4) is 17.2 Å². The van der Waals surface area contributed by atoms with Crippen LogP contribution < -0.4 is 18.9 Å². The van der Waals surface area contributed by atoms with E-state index in [0.717, 1.165) is 0 Å². The second-order valence-electron chi connectivity index (χ2n) is 6.99. The van der Waals surface area contributed by atoms with Crippen LogP contribution in [0.1, 0.15) is 10.8 Å². The third-order valence-electron chi connectivity index (χ3n) is 5.05. The van der Waals surface area contributed by atoms with Gasteiger partial charge >= 0.3 is 0 Å². The number of sulfone groups is 1. The minimum atomic E-state index is -4.01. The molecule has 4 rings (SSSR count). The van der Waals surface area contributed by atoms with E-state index in [1.165, 1.54) is 37.4 Å². The molecule has 0 unspecified atom stereocenters. The van der Waals surface area contributed by atoms with Crippen molar-refractivity contribution in [1.29, 1.82) is 0 Å². The average molecular weight is 476 g/mol. The highest BCUT2D eigenvalue weighted by Gasteiger charge is 2.31. The Bertz CT molecular complexity index is 1310. The molecule has 0 spiro atoms. The Labute approximate surface area is 186 Å². The first-order valence-corrected chi connectivity index (χ1v) is 12.7. The molecule has 0 radical (unpaired) electrons. The monoisotopic (exact) mass is 475 g/mol. The molecule has 1 aliphatic rings. The number of hydrogen-bond donors (Lipinski definition) is 1. The molecule has 1 aliphatic heterocycles. The molecule has 0 bridgehead atoms. The summed E-state index contributed by atoms with van der Waals surface area (Å²) in [6.45, 7) is -0.336. The molecular formula is C22H21NO7S2. The summed E-state index contributed by atoms with van der Waals surface area (Å²) in [5.74, 6) is 1.29. The van der Waals surface area contributed by atoms with Gasteiger partial charge in [0.05, 0.1) is 16.9 Å². The Morgan fingerprint density at radius 1 is 0.875 bits per heavy atom. The maximum Gasteiger partial charge on any atom is 0.240 e. The van der Waals surface area contributed by atoms with E-state index in [1.54, 1.807) is 42.5 Å². The summed E-state index contributed by atoms with van der Waals surface area (Å²) in [4.78, 5) is 0.0184. The minimum Gasteiger partial charge on any atom is -0.497 e. The molecule has 3 aromatic rings. The molecule has 1 N–H and O–H groups in total. The van der Waals surface area contributed by atoms with Gasteiger partial charge in [-0.25, -0.2) is 21.6 Å². The lowest BCUT2D eigenvalue weighted by atomic mass is 10.1. The fourth-order valence-electron chi connectivity index (χ4n) is 3.32. The van der Waals surface area contributed by atoms with Crippen molar-refractivity contribution in [3.05, 3.63) is 78.4 Å². The summed E-state index contributed by atoms with van der Waals surface area (Å²) in [6.07, 6.45) is 0. The number of rotatable bonds is 8. The molecule has 8 nitrogen and oxygen atoms in total. The van der Waals surface area contributed by atoms with Crippen LogP contribution in [0.4, 0.5) is 0 Å². The van der Waals surface area contributed by atoms with Gasteiger partial charge in [-0.1, -0.05) is 30.3 Å². The Hall–Kier alpha value is -3.08. The fraction of sp³-hybridized carbons (Fsp3) is 0.182. The normalized spacial score (nSPS) is 14.2. The van der Waals surface area contributed by atoms with Gasteiger partial charge in [0.1, 0.15) is 11.0 Å². The third-order valence-corrected chi connectivity index (χ3v) is 8.59. The molecule has 168 valence electrons. The standard InChI is InChI=1S/C22H21NO7S2/c1-28-17-7-9-18(10-8-17)31(24,25)22(16-5-3-2-4-6-16)14-23-32(26,27)19-11-12-20-21(13-19)30-15-29-20/h2-13,22-23H,14-15H2,1H3/t22-/m1/s1. The van der Waals surface area contributed by atoms with Crippen molar-refractivity contribution in [2.24, 2.45) is 0 Å². The summed E-state index contributed by atoms with van der Waals surface area (Å²) < 4.78 is 70.6. The Morgan fingerprint density at radius 2 is 1.53 bits per heavy atom. The molecule has 1 heterocycles. The smallest absolute Gasteiger partial charge is 0.240 e. The Balaban J connectivity index is 1.64. The van der Waals surface area contributed by atoms with E-state index in [2.05, 4.69) is 4.72 Å². The van der Waals surface area contributed by atoms with E-state index in [9.17, 15) is 16.8 Å². The zero-order chi connectivity index (χ0) is 22.8. The molecule has 0 saturated heterocycles. The molecule has 0 amide bonds.